The lowest BCUT2D eigenvalue weighted by atomic mass is 9.96. The first-order chi connectivity index (χ1) is 22.9. The van der Waals surface area contributed by atoms with E-state index in [9.17, 15) is 18.3 Å². The van der Waals surface area contributed by atoms with Crippen LogP contribution in [0.15, 0.2) is 0 Å². The molecule has 4 aliphatic heterocycles. The molecule has 0 radical (unpaired) electrons. The van der Waals surface area contributed by atoms with Crippen molar-refractivity contribution in [1.29, 1.82) is 0 Å². The Morgan fingerprint density at radius 1 is 0.417 bits per heavy atom. The van der Waals surface area contributed by atoms with E-state index < -0.39 is 31.2 Å². The zero-order valence-electron chi connectivity index (χ0n) is 29.6. The summed E-state index contributed by atoms with van der Waals surface area (Å²) in [5, 5.41) is 0. The second-order valence-electron chi connectivity index (χ2n) is 14.2. The molecule has 7 nitrogen and oxygen atoms in total. The fourth-order valence-corrected chi connectivity index (χ4v) is 26.8. The van der Waals surface area contributed by atoms with Gasteiger partial charge in [0.25, 0.3) is 0 Å². The van der Waals surface area contributed by atoms with Crippen LogP contribution in [0.2, 0.25) is 0 Å². The monoisotopic (exact) mass is 820 g/mol. The lowest BCUT2D eigenvalue weighted by Crippen LogP contribution is -2.44. The number of fused-ring (bicyclic) bond motifs is 3. The highest BCUT2D eigenvalue weighted by Gasteiger charge is 2.41. The summed E-state index contributed by atoms with van der Waals surface area (Å²) in [7, 11) is -3.95. The molecule has 48 heavy (non-hydrogen) atoms. The number of hydrogen-bond donors (Lipinski definition) is 0. The van der Waals surface area contributed by atoms with Crippen LogP contribution >= 0.6 is 47.3 Å². The Balaban J connectivity index is 0.000000226. The highest BCUT2D eigenvalue weighted by atomic mass is 32.8. The maximum atomic E-state index is 11.2. The van der Waals surface area contributed by atoms with Gasteiger partial charge in [0, 0.05) is 21.9 Å². The van der Waals surface area contributed by atoms with Gasteiger partial charge < -0.3 is 5.48 Å². The minimum Gasteiger partial charge on any atom is -0.412 e. The van der Waals surface area contributed by atoms with Gasteiger partial charge in [-0.3, -0.25) is 0 Å². The summed E-state index contributed by atoms with van der Waals surface area (Å²) in [5.41, 5.74) is 0. The number of hydrogen-bond acceptors (Lipinski definition) is 5. The standard InChI is InChI=1S/C19H36N2P2S2.2C7H14O2P2.H2O/c24-25-20(18-10-4-1-5-11-18)22-14-8-3-9-15-23(17-16-22)21(25)19-12-6-2-7-13-19;2*8-10-4-2-1-3-5-11(9)7-6-10;/h18-19H,1-17H2;2*1-7H2;1H2/q;2*+2;. The molecule has 0 aromatic heterocycles. The Bertz CT molecular complexity index is 922. The molecule has 0 aromatic rings. The molecule has 6 fully saturated rings. The molecule has 2 saturated carbocycles. The van der Waals surface area contributed by atoms with Gasteiger partial charge in [-0.15, -0.1) is 0 Å². The van der Waals surface area contributed by atoms with Crippen LogP contribution in [0.4, 0.5) is 0 Å². The first kappa shape index (κ1) is 44.1. The van der Waals surface area contributed by atoms with Crippen molar-refractivity contribution in [2.75, 3.05) is 73.9 Å². The SMILES string of the molecule is O.O=[P+]1CCCCC[P+](=O)CC1.O=[P+]1CCCCC[P+](=O)CC1.S=S1N(C2CCCCC2)P2CCCCCP(CC2)N1C1CCCCC1. The van der Waals surface area contributed by atoms with Gasteiger partial charge >= 0.3 is 31.2 Å². The van der Waals surface area contributed by atoms with Gasteiger partial charge in [0.15, 0.2) is 24.6 Å². The Hall–Kier alpha value is 1.71. The molecule has 276 valence electrons. The average molecular weight is 821 g/mol. The minimum absolute atomic E-state index is 0. The van der Waals surface area contributed by atoms with E-state index in [4.69, 9.17) is 11.2 Å². The number of rotatable bonds is 2. The molecule has 0 aromatic carbocycles. The summed E-state index contributed by atoms with van der Waals surface area (Å²) >= 11 is 6.45. The third-order valence-corrected chi connectivity index (χ3v) is 27.7. The molecule has 2 aliphatic carbocycles. The predicted octanol–water partition coefficient (Wildman–Crippen LogP) is 11.0. The summed E-state index contributed by atoms with van der Waals surface area (Å²) in [6.45, 7) is 0. The quantitative estimate of drug-likeness (QED) is 0.255. The number of nitrogens with zero attached hydrogens (tertiary/aromatic N) is 2. The van der Waals surface area contributed by atoms with Crippen LogP contribution in [0, 0.1) is 0 Å². The van der Waals surface area contributed by atoms with Crippen LogP contribution in [-0.4, -0.2) is 99.7 Å². The topological polar surface area (TPSA) is 106 Å². The van der Waals surface area contributed by atoms with Crippen molar-refractivity contribution in [3.8, 4) is 0 Å². The van der Waals surface area contributed by atoms with E-state index in [-0.39, 0.29) is 31.4 Å². The minimum atomic E-state index is -1.01. The predicted molar refractivity (Wildman–Crippen MR) is 220 cm³/mol. The molecule has 2 bridgehead atoms. The van der Waals surface area contributed by atoms with Gasteiger partial charge in [0.2, 0.25) is 0 Å². The molecule has 0 spiro atoms. The highest BCUT2D eigenvalue weighted by molar-refractivity contribution is 8.29. The van der Waals surface area contributed by atoms with E-state index in [1.807, 2.05) is 0 Å². The van der Waals surface area contributed by atoms with Crippen LogP contribution < -0.4 is 0 Å². The summed E-state index contributed by atoms with van der Waals surface area (Å²) < 4.78 is 50.6. The zero-order chi connectivity index (χ0) is 33.3. The first-order valence-corrected chi connectivity index (χ1v) is 31.0. The van der Waals surface area contributed by atoms with Crippen molar-refractivity contribution in [2.45, 2.75) is 134 Å². The lowest BCUT2D eigenvalue weighted by molar-refractivity contribution is 0.329. The van der Waals surface area contributed by atoms with E-state index in [1.54, 1.807) is 0 Å². The average Bonchev–Trinajstić information content (AvgIpc) is 3.22. The lowest BCUT2D eigenvalue weighted by Gasteiger charge is -2.45. The molecule has 0 amide bonds. The van der Waals surface area contributed by atoms with E-state index in [1.165, 1.54) is 108 Å². The second kappa shape index (κ2) is 25.7. The van der Waals surface area contributed by atoms with Gasteiger partial charge in [-0.2, -0.15) is 0 Å². The van der Waals surface area contributed by atoms with Crippen molar-refractivity contribution >= 4 is 68.4 Å². The molecule has 4 heterocycles. The molecular weight excluding hydrogens is 754 g/mol. The Morgan fingerprint density at radius 2 is 0.708 bits per heavy atom. The van der Waals surface area contributed by atoms with Crippen molar-refractivity contribution in [3.63, 3.8) is 0 Å². The zero-order valence-corrected chi connectivity index (χ0v) is 36.6. The van der Waals surface area contributed by atoms with Gasteiger partial charge in [-0.1, -0.05) is 63.2 Å². The van der Waals surface area contributed by atoms with Crippen LogP contribution in [0.3, 0.4) is 0 Å². The molecule has 15 heteroatoms. The first-order valence-electron chi connectivity index (χ1n) is 19.1. The molecular formula is C33H66N2O5P6S2+4. The van der Waals surface area contributed by atoms with Crippen LogP contribution in [0.5, 0.6) is 0 Å². The normalized spacial score (nSPS) is 33.0. The highest BCUT2D eigenvalue weighted by Crippen LogP contribution is 2.59. The van der Waals surface area contributed by atoms with Crippen LogP contribution in [0.25, 0.3) is 0 Å². The van der Waals surface area contributed by atoms with Crippen molar-refractivity contribution in [3.05, 3.63) is 0 Å². The summed E-state index contributed by atoms with van der Waals surface area (Å²) in [5.74, 6) is 0. The third kappa shape index (κ3) is 16.0. The Labute approximate surface area is 306 Å². The van der Waals surface area contributed by atoms with Crippen LogP contribution in [0.1, 0.15) is 122 Å². The van der Waals surface area contributed by atoms with Crippen molar-refractivity contribution in [1.82, 2.24) is 8.15 Å². The molecule has 4 saturated heterocycles. The maximum absolute atomic E-state index is 11.2. The van der Waals surface area contributed by atoms with Crippen LogP contribution in [-0.2, 0) is 39.3 Å². The van der Waals surface area contributed by atoms with Gasteiger partial charge in [0.05, 0.1) is 0 Å². The molecule has 6 aliphatic rings. The van der Waals surface area contributed by atoms with Gasteiger partial charge in [0.1, 0.15) is 24.6 Å². The maximum Gasteiger partial charge on any atom is 0.343 e. The van der Waals surface area contributed by atoms with E-state index >= 15 is 0 Å². The Kier molecular flexibility index (Phi) is 23.6. The largest absolute Gasteiger partial charge is 0.412 e. The molecule has 2 N–H and O–H groups in total. The summed E-state index contributed by atoms with van der Waals surface area (Å²) in [4.78, 5) is 0. The summed E-state index contributed by atoms with van der Waals surface area (Å²) in [6, 6.07) is 1.67. The van der Waals surface area contributed by atoms with E-state index in [0.717, 1.165) is 75.3 Å². The summed E-state index contributed by atoms with van der Waals surface area (Å²) in [6.07, 6.45) is 37.7. The molecule has 6 atom stereocenters. The third-order valence-electron chi connectivity index (χ3n) is 10.4. The van der Waals surface area contributed by atoms with Crippen molar-refractivity contribution in [2.24, 2.45) is 0 Å². The van der Waals surface area contributed by atoms with E-state index in [0.29, 0.717) is 24.6 Å². The van der Waals surface area contributed by atoms with Gasteiger partial charge in [-0.25, -0.2) is 8.15 Å². The Morgan fingerprint density at radius 3 is 1.04 bits per heavy atom. The molecule has 6 rings (SSSR count). The smallest absolute Gasteiger partial charge is 0.343 e. The molecule has 6 unspecified atom stereocenters. The fourth-order valence-electron chi connectivity index (χ4n) is 7.62. The van der Waals surface area contributed by atoms with Gasteiger partial charge in [-0.05, 0) is 129 Å². The van der Waals surface area contributed by atoms with Crippen molar-refractivity contribution < 1.29 is 23.7 Å². The van der Waals surface area contributed by atoms with E-state index in [2.05, 4.69) is 8.15 Å². The second-order valence-corrected chi connectivity index (χ2v) is 29.0. The fraction of sp³-hybridized carbons (Fsp3) is 1.00.